The summed E-state index contributed by atoms with van der Waals surface area (Å²) in [6, 6.07) is 20.5. The van der Waals surface area contributed by atoms with Gasteiger partial charge in [0.15, 0.2) is 0 Å². The maximum atomic E-state index is 13.0. The molecule has 2 nitrogen and oxygen atoms in total. The normalized spacial score (nSPS) is 21.1. The molecule has 3 rings (SSSR count). The smallest absolute Gasteiger partial charge is 0.232 e. The minimum absolute atomic E-state index is 0.126. The second-order valence-corrected chi connectivity index (χ2v) is 6.63. The van der Waals surface area contributed by atoms with Crippen molar-refractivity contribution in [1.82, 2.24) is 5.32 Å². The third-order valence-electron chi connectivity index (χ3n) is 4.97. The van der Waals surface area contributed by atoms with E-state index in [1.54, 1.807) is 0 Å². The number of nitrogens with one attached hydrogen (secondary N) is 1. The summed E-state index contributed by atoms with van der Waals surface area (Å²) in [7, 11) is 0. The van der Waals surface area contributed by atoms with Gasteiger partial charge in [-0.15, -0.1) is 0 Å². The Morgan fingerprint density at radius 3 is 1.96 bits per heavy atom. The van der Waals surface area contributed by atoms with Gasteiger partial charge in [0.2, 0.25) is 5.91 Å². The van der Waals surface area contributed by atoms with Gasteiger partial charge in [-0.3, -0.25) is 4.79 Å². The van der Waals surface area contributed by atoms with Gasteiger partial charge in [-0.05, 0) is 29.9 Å². The lowest BCUT2D eigenvalue weighted by Crippen LogP contribution is -2.43. The molecule has 1 N–H and O–H groups in total. The van der Waals surface area contributed by atoms with Gasteiger partial charge in [0.1, 0.15) is 0 Å². The van der Waals surface area contributed by atoms with Crippen molar-refractivity contribution in [2.45, 2.75) is 44.6 Å². The molecule has 1 amide bonds. The highest BCUT2D eigenvalue weighted by molar-refractivity contribution is 5.87. The fraction of sp³-hybridized carbons (Fsp3) is 0.381. The second-order valence-electron chi connectivity index (χ2n) is 6.63. The summed E-state index contributed by atoms with van der Waals surface area (Å²) in [4.78, 5) is 13.0. The molecule has 0 radical (unpaired) electrons. The highest BCUT2D eigenvalue weighted by Crippen LogP contribution is 2.28. The highest BCUT2D eigenvalue weighted by atomic mass is 16.1. The summed E-state index contributed by atoms with van der Waals surface area (Å²) < 4.78 is 0. The molecule has 1 aliphatic rings. The molecule has 2 aromatic rings. The van der Waals surface area contributed by atoms with Gasteiger partial charge >= 0.3 is 0 Å². The number of carbonyl (C=O) groups excluding carboxylic acids is 1. The summed E-state index contributed by atoms with van der Waals surface area (Å²) in [6.07, 6.45) is 4.82. The average Bonchev–Trinajstić information content (AvgIpc) is 2.59. The fourth-order valence-electron chi connectivity index (χ4n) is 3.58. The quantitative estimate of drug-likeness (QED) is 0.884. The Morgan fingerprint density at radius 1 is 0.913 bits per heavy atom. The molecular weight excluding hydrogens is 282 g/mol. The maximum Gasteiger partial charge on any atom is 0.232 e. The van der Waals surface area contributed by atoms with Crippen LogP contribution in [0.3, 0.4) is 0 Å². The third-order valence-corrected chi connectivity index (χ3v) is 4.97. The largest absolute Gasteiger partial charge is 0.352 e. The average molecular weight is 307 g/mol. The van der Waals surface area contributed by atoms with Gasteiger partial charge in [-0.2, -0.15) is 0 Å². The van der Waals surface area contributed by atoms with Crippen LogP contribution in [0.4, 0.5) is 0 Å². The second kappa shape index (κ2) is 7.45. The first kappa shape index (κ1) is 15.8. The molecule has 120 valence electrons. The SMILES string of the molecule is C[C@H]1CCCC[C@@H]1NC(=O)C(c1ccccc1)c1ccccc1. The Bertz CT molecular complexity index is 583. The predicted molar refractivity (Wildman–Crippen MR) is 94.3 cm³/mol. The van der Waals surface area contributed by atoms with Crippen LogP contribution in [0.15, 0.2) is 60.7 Å². The molecule has 0 saturated heterocycles. The molecule has 1 aliphatic carbocycles. The van der Waals surface area contributed by atoms with Crippen LogP contribution in [0.5, 0.6) is 0 Å². The molecule has 0 spiro atoms. The van der Waals surface area contributed by atoms with Crippen molar-refractivity contribution in [2.24, 2.45) is 5.92 Å². The van der Waals surface area contributed by atoms with Crippen molar-refractivity contribution in [2.75, 3.05) is 0 Å². The lowest BCUT2D eigenvalue weighted by molar-refractivity contribution is -0.123. The van der Waals surface area contributed by atoms with Crippen molar-refractivity contribution in [3.8, 4) is 0 Å². The Labute approximate surface area is 138 Å². The summed E-state index contributed by atoms with van der Waals surface area (Å²) in [6.45, 7) is 2.25. The van der Waals surface area contributed by atoms with Gasteiger partial charge < -0.3 is 5.32 Å². The lowest BCUT2D eigenvalue weighted by Gasteiger charge is -2.31. The highest BCUT2D eigenvalue weighted by Gasteiger charge is 2.28. The molecule has 2 atom stereocenters. The van der Waals surface area contributed by atoms with Crippen LogP contribution in [0, 0.1) is 5.92 Å². The first-order valence-electron chi connectivity index (χ1n) is 8.66. The zero-order chi connectivity index (χ0) is 16.1. The van der Waals surface area contributed by atoms with Crippen molar-refractivity contribution < 1.29 is 4.79 Å². The van der Waals surface area contributed by atoms with E-state index in [-0.39, 0.29) is 11.8 Å². The van der Waals surface area contributed by atoms with Gasteiger partial charge in [-0.25, -0.2) is 0 Å². The van der Waals surface area contributed by atoms with Gasteiger partial charge in [0.25, 0.3) is 0 Å². The van der Waals surface area contributed by atoms with E-state index < -0.39 is 0 Å². The summed E-state index contributed by atoms with van der Waals surface area (Å²) in [5.74, 6) is 0.465. The molecular formula is C21H25NO. The molecule has 0 aliphatic heterocycles. The van der Waals surface area contributed by atoms with Crippen LogP contribution in [0.25, 0.3) is 0 Å². The summed E-state index contributed by atoms with van der Waals surface area (Å²) in [5, 5.41) is 3.33. The molecule has 2 aromatic carbocycles. The Balaban J connectivity index is 1.85. The van der Waals surface area contributed by atoms with E-state index >= 15 is 0 Å². The van der Waals surface area contributed by atoms with Crippen LogP contribution in [-0.4, -0.2) is 11.9 Å². The Morgan fingerprint density at radius 2 is 1.43 bits per heavy atom. The summed E-state index contributed by atoms with van der Waals surface area (Å²) >= 11 is 0. The number of carbonyl (C=O) groups is 1. The number of benzene rings is 2. The monoisotopic (exact) mass is 307 g/mol. The van der Waals surface area contributed by atoms with Gasteiger partial charge in [0, 0.05) is 6.04 Å². The van der Waals surface area contributed by atoms with Gasteiger partial charge in [-0.1, -0.05) is 80.4 Å². The standard InChI is InChI=1S/C21H25NO/c1-16-10-8-9-15-19(16)22-21(23)20(17-11-4-2-5-12-17)18-13-6-3-7-14-18/h2-7,11-14,16,19-20H,8-10,15H2,1H3,(H,22,23)/t16-,19-/m0/s1. The van der Waals surface area contributed by atoms with E-state index in [9.17, 15) is 4.79 Å². The third kappa shape index (κ3) is 3.82. The van der Waals surface area contributed by atoms with Crippen LogP contribution in [0.2, 0.25) is 0 Å². The summed E-state index contributed by atoms with van der Waals surface area (Å²) in [5.41, 5.74) is 2.11. The number of amides is 1. The zero-order valence-corrected chi connectivity index (χ0v) is 13.7. The van der Waals surface area contributed by atoms with Crippen LogP contribution >= 0.6 is 0 Å². The van der Waals surface area contributed by atoms with Crippen LogP contribution in [0.1, 0.15) is 49.7 Å². The van der Waals surface area contributed by atoms with E-state index in [2.05, 4.69) is 12.2 Å². The van der Waals surface area contributed by atoms with E-state index in [0.29, 0.717) is 12.0 Å². The van der Waals surface area contributed by atoms with E-state index in [4.69, 9.17) is 0 Å². The Hall–Kier alpha value is -2.09. The number of hydrogen-bond acceptors (Lipinski definition) is 1. The van der Waals surface area contributed by atoms with Gasteiger partial charge in [0.05, 0.1) is 5.92 Å². The molecule has 0 unspecified atom stereocenters. The van der Waals surface area contributed by atoms with Crippen molar-refractivity contribution in [3.63, 3.8) is 0 Å². The molecule has 0 bridgehead atoms. The fourth-order valence-corrected chi connectivity index (χ4v) is 3.58. The molecule has 1 saturated carbocycles. The van der Waals surface area contributed by atoms with Crippen LogP contribution < -0.4 is 5.32 Å². The van der Waals surface area contributed by atoms with Crippen molar-refractivity contribution in [1.29, 1.82) is 0 Å². The van der Waals surface area contributed by atoms with E-state index in [1.165, 1.54) is 19.3 Å². The minimum Gasteiger partial charge on any atom is -0.352 e. The van der Waals surface area contributed by atoms with Crippen molar-refractivity contribution in [3.05, 3.63) is 71.8 Å². The van der Waals surface area contributed by atoms with Crippen LogP contribution in [-0.2, 0) is 4.79 Å². The molecule has 0 aromatic heterocycles. The van der Waals surface area contributed by atoms with E-state index in [1.807, 2.05) is 60.7 Å². The topological polar surface area (TPSA) is 29.1 Å². The first-order chi connectivity index (χ1) is 11.3. The molecule has 1 fully saturated rings. The lowest BCUT2D eigenvalue weighted by atomic mass is 9.84. The first-order valence-corrected chi connectivity index (χ1v) is 8.66. The minimum atomic E-state index is -0.230. The zero-order valence-electron chi connectivity index (χ0n) is 13.7. The Kier molecular flexibility index (Phi) is 5.12. The molecule has 2 heteroatoms. The molecule has 23 heavy (non-hydrogen) atoms. The number of hydrogen-bond donors (Lipinski definition) is 1. The van der Waals surface area contributed by atoms with E-state index in [0.717, 1.165) is 17.5 Å². The molecule has 0 heterocycles. The van der Waals surface area contributed by atoms with Crippen molar-refractivity contribution >= 4 is 5.91 Å². The number of rotatable bonds is 4. The maximum absolute atomic E-state index is 13.0. The predicted octanol–water partition coefficient (Wildman–Crippen LogP) is 4.51.